The maximum absolute atomic E-state index is 13.7. The lowest BCUT2D eigenvalue weighted by Gasteiger charge is -2.42. The Bertz CT molecular complexity index is 1100. The van der Waals surface area contributed by atoms with Crippen molar-refractivity contribution in [3.8, 4) is 28.7 Å². The number of piperidine rings is 1. The summed E-state index contributed by atoms with van der Waals surface area (Å²) in [5.41, 5.74) is 1.39. The number of rotatable bonds is 6. The summed E-state index contributed by atoms with van der Waals surface area (Å²) in [4.78, 5) is 30.8. The summed E-state index contributed by atoms with van der Waals surface area (Å²) < 4.78 is 27.7. The molecule has 0 unspecified atom stereocenters. The first-order valence-corrected chi connectivity index (χ1v) is 11.9. The van der Waals surface area contributed by atoms with Gasteiger partial charge in [-0.05, 0) is 49.1 Å². The summed E-state index contributed by atoms with van der Waals surface area (Å²) in [6, 6.07) is 8.53. The highest BCUT2D eigenvalue weighted by Crippen LogP contribution is 2.47. The highest BCUT2D eigenvalue weighted by Gasteiger charge is 2.44. The molecule has 0 aliphatic carbocycles. The number of methoxy groups -OCH3 is 3. The number of likely N-dealkylation sites (tertiary alicyclic amines) is 1. The van der Waals surface area contributed by atoms with Crippen LogP contribution in [0, 0.1) is 5.92 Å². The van der Waals surface area contributed by atoms with Gasteiger partial charge in [0, 0.05) is 31.3 Å². The van der Waals surface area contributed by atoms with Crippen LogP contribution in [0.15, 0.2) is 30.3 Å². The zero-order valence-electron chi connectivity index (χ0n) is 20.2. The molecule has 186 valence electrons. The van der Waals surface area contributed by atoms with Crippen molar-refractivity contribution in [3.63, 3.8) is 0 Å². The van der Waals surface area contributed by atoms with Gasteiger partial charge in [-0.15, -0.1) is 0 Å². The summed E-state index contributed by atoms with van der Waals surface area (Å²) in [5.74, 6) is 2.19. The molecule has 5 rings (SSSR count). The lowest BCUT2D eigenvalue weighted by Crippen LogP contribution is -2.49. The van der Waals surface area contributed by atoms with Gasteiger partial charge in [0.05, 0.1) is 33.3 Å². The van der Waals surface area contributed by atoms with E-state index in [1.807, 2.05) is 23.1 Å². The monoisotopic (exact) mass is 482 g/mol. The fourth-order valence-corrected chi connectivity index (χ4v) is 5.32. The average molecular weight is 483 g/mol. The molecule has 0 saturated carbocycles. The van der Waals surface area contributed by atoms with Crippen molar-refractivity contribution in [3.05, 3.63) is 35.9 Å². The molecule has 3 heterocycles. The minimum atomic E-state index is -0.557. The van der Waals surface area contributed by atoms with Crippen LogP contribution >= 0.6 is 0 Å². The molecule has 9 nitrogen and oxygen atoms in total. The van der Waals surface area contributed by atoms with E-state index < -0.39 is 12.0 Å². The van der Waals surface area contributed by atoms with Crippen LogP contribution in [0.1, 0.15) is 37.3 Å². The van der Waals surface area contributed by atoms with Gasteiger partial charge in [0.2, 0.25) is 24.4 Å². The van der Waals surface area contributed by atoms with Gasteiger partial charge in [-0.25, -0.2) is 0 Å². The van der Waals surface area contributed by atoms with E-state index in [9.17, 15) is 9.59 Å². The maximum atomic E-state index is 13.7. The highest BCUT2D eigenvalue weighted by molar-refractivity contribution is 5.98. The molecule has 0 radical (unpaired) electrons. The van der Waals surface area contributed by atoms with E-state index in [0.717, 1.165) is 31.5 Å². The first kappa shape index (κ1) is 23.1. The molecule has 2 saturated heterocycles. The molecular formula is C26H30N2O7. The first-order valence-electron chi connectivity index (χ1n) is 11.9. The number of hydrogen-bond donors (Lipinski definition) is 0. The van der Waals surface area contributed by atoms with Crippen LogP contribution in [0.25, 0.3) is 0 Å². The second kappa shape index (κ2) is 9.56. The minimum absolute atomic E-state index is 0.0620. The zero-order valence-corrected chi connectivity index (χ0v) is 20.2. The fraction of sp³-hybridized carbons (Fsp3) is 0.462. The van der Waals surface area contributed by atoms with Crippen molar-refractivity contribution in [2.45, 2.75) is 31.7 Å². The summed E-state index contributed by atoms with van der Waals surface area (Å²) in [6.45, 7) is 1.63. The number of benzene rings is 2. The van der Waals surface area contributed by atoms with Gasteiger partial charge in [0.25, 0.3) is 0 Å². The molecule has 2 amide bonds. The minimum Gasteiger partial charge on any atom is -0.493 e. The Morgan fingerprint density at radius 1 is 0.943 bits per heavy atom. The summed E-state index contributed by atoms with van der Waals surface area (Å²) in [5, 5.41) is 0. The number of anilines is 1. The van der Waals surface area contributed by atoms with E-state index in [1.54, 1.807) is 38.4 Å². The second-order valence-corrected chi connectivity index (χ2v) is 8.88. The molecule has 0 bridgehead atoms. The van der Waals surface area contributed by atoms with Gasteiger partial charge in [-0.3, -0.25) is 9.59 Å². The molecule has 0 spiro atoms. The third kappa shape index (κ3) is 4.09. The number of carbonyl (C=O) groups excluding carboxylic acids is 2. The van der Waals surface area contributed by atoms with E-state index in [1.165, 1.54) is 0 Å². The van der Waals surface area contributed by atoms with Crippen LogP contribution in [-0.2, 0) is 9.59 Å². The van der Waals surface area contributed by atoms with Crippen LogP contribution in [0.3, 0.4) is 0 Å². The number of carbonyl (C=O) groups is 2. The van der Waals surface area contributed by atoms with Gasteiger partial charge in [-0.2, -0.15) is 0 Å². The topological polar surface area (TPSA) is 86.8 Å². The SMILES string of the molecule is COc1cc([C@H]2[C@@H](C(=O)N3CCCC3)CCC(=O)N2c2ccc3c(c2)OCO3)cc(OC)c1OC. The van der Waals surface area contributed by atoms with Crippen molar-refractivity contribution >= 4 is 17.5 Å². The Morgan fingerprint density at radius 2 is 1.63 bits per heavy atom. The summed E-state index contributed by atoms with van der Waals surface area (Å²) in [6.07, 6.45) is 2.74. The molecule has 35 heavy (non-hydrogen) atoms. The largest absolute Gasteiger partial charge is 0.493 e. The van der Waals surface area contributed by atoms with Crippen LogP contribution in [0.4, 0.5) is 5.69 Å². The molecule has 9 heteroatoms. The van der Waals surface area contributed by atoms with Gasteiger partial charge in [-0.1, -0.05) is 0 Å². The molecule has 2 fully saturated rings. The van der Waals surface area contributed by atoms with E-state index >= 15 is 0 Å². The molecular weight excluding hydrogens is 452 g/mol. The van der Waals surface area contributed by atoms with Gasteiger partial charge < -0.3 is 33.5 Å². The number of hydrogen-bond acceptors (Lipinski definition) is 7. The van der Waals surface area contributed by atoms with Gasteiger partial charge >= 0.3 is 0 Å². The van der Waals surface area contributed by atoms with Gasteiger partial charge in [0.15, 0.2) is 23.0 Å². The molecule has 0 N–H and O–H groups in total. The normalized spacial score (nSPS) is 21.3. The maximum Gasteiger partial charge on any atom is 0.231 e. The van der Waals surface area contributed by atoms with Gasteiger partial charge in [0.1, 0.15) is 0 Å². The Labute approximate surface area is 204 Å². The highest BCUT2D eigenvalue weighted by atomic mass is 16.7. The standard InChI is InChI=1S/C26H30N2O7/c1-31-21-12-16(13-22(32-2)25(21)33-3)24-18(26(30)27-10-4-5-11-27)7-9-23(29)28(24)17-6-8-19-20(14-17)35-15-34-19/h6,8,12-14,18,24H,4-5,7,9-11,15H2,1-3H3/t18-,24-/m0/s1. The Morgan fingerprint density at radius 3 is 2.29 bits per heavy atom. The summed E-state index contributed by atoms with van der Waals surface area (Å²) in [7, 11) is 4.65. The molecule has 3 aliphatic heterocycles. The molecule has 2 aromatic rings. The lowest BCUT2D eigenvalue weighted by molar-refractivity contribution is -0.137. The van der Waals surface area contributed by atoms with E-state index in [0.29, 0.717) is 40.9 Å². The predicted octanol–water partition coefficient (Wildman–Crippen LogP) is 3.55. The number of ether oxygens (including phenoxy) is 5. The Balaban J connectivity index is 1.65. The molecule has 3 aliphatic rings. The second-order valence-electron chi connectivity index (χ2n) is 8.88. The van der Waals surface area contributed by atoms with Crippen molar-refractivity contribution in [2.75, 3.05) is 46.1 Å². The first-order chi connectivity index (χ1) is 17.0. The third-order valence-electron chi connectivity index (χ3n) is 7.00. The van der Waals surface area contributed by atoms with Crippen LogP contribution in [0.2, 0.25) is 0 Å². The molecule has 2 atom stereocenters. The average Bonchev–Trinajstić information content (AvgIpc) is 3.59. The lowest BCUT2D eigenvalue weighted by atomic mass is 9.82. The van der Waals surface area contributed by atoms with Crippen LogP contribution in [0.5, 0.6) is 28.7 Å². The van der Waals surface area contributed by atoms with E-state index in [-0.39, 0.29) is 25.0 Å². The Hall–Kier alpha value is -3.62. The fourth-order valence-electron chi connectivity index (χ4n) is 5.32. The third-order valence-corrected chi connectivity index (χ3v) is 7.00. The van der Waals surface area contributed by atoms with Crippen molar-refractivity contribution < 1.29 is 33.3 Å². The van der Waals surface area contributed by atoms with Crippen molar-refractivity contribution in [1.29, 1.82) is 0 Å². The zero-order chi connectivity index (χ0) is 24.5. The van der Waals surface area contributed by atoms with Crippen molar-refractivity contribution in [2.24, 2.45) is 5.92 Å². The number of amides is 2. The quantitative estimate of drug-likeness (QED) is 0.622. The van der Waals surface area contributed by atoms with Crippen LogP contribution in [-0.4, -0.2) is 57.9 Å². The summed E-state index contributed by atoms with van der Waals surface area (Å²) >= 11 is 0. The number of nitrogens with zero attached hydrogens (tertiary/aromatic N) is 2. The molecule has 2 aromatic carbocycles. The number of fused-ring (bicyclic) bond motifs is 1. The van der Waals surface area contributed by atoms with Crippen LogP contribution < -0.4 is 28.6 Å². The predicted molar refractivity (Wildman–Crippen MR) is 127 cm³/mol. The van der Waals surface area contributed by atoms with E-state index in [2.05, 4.69) is 0 Å². The van der Waals surface area contributed by atoms with Crippen molar-refractivity contribution in [1.82, 2.24) is 4.90 Å². The van der Waals surface area contributed by atoms with E-state index in [4.69, 9.17) is 23.7 Å². The molecule has 0 aromatic heterocycles. The smallest absolute Gasteiger partial charge is 0.231 e. The Kier molecular flexibility index (Phi) is 6.32.